The first-order valence-corrected chi connectivity index (χ1v) is 6.80. The van der Waals surface area contributed by atoms with Crippen LogP contribution in [0.5, 0.6) is 0 Å². The zero-order valence-corrected chi connectivity index (χ0v) is 11.9. The number of fused-ring (bicyclic) bond motifs is 1. The quantitative estimate of drug-likeness (QED) is 0.846. The average molecular weight is 281 g/mol. The predicted molar refractivity (Wildman–Crippen MR) is 75.6 cm³/mol. The SMILES string of the molecule is CN(C)C1CCN(c2nc3ncnc(Cl)c3[nH]2)CC1. The fraction of sp³-hybridized carbons (Fsp3) is 0.583. The summed E-state index contributed by atoms with van der Waals surface area (Å²) in [6.45, 7) is 1.99. The molecule has 1 N–H and O–H groups in total. The molecule has 0 saturated carbocycles. The second-order valence-electron chi connectivity index (χ2n) is 5.11. The summed E-state index contributed by atoms with van der Waals surface area (Å²) in [6.07, 6.45) is 3.72. The third-order valence-corrected chi connectivity index (χ3v) is 4.01. The molecular weight excluding hydrogens is 264 g/mol. The lowest BCUT2D eigenvalue weighted by Gasteiger charge is -2.34. The van der Waals surface area contributed by atoms with E-state index < -0.39 is 0 Å². The highest BCUT2D eigenvalue weighted by atomic mass is 35.5. The van der Waals surface area contributed by atoms with E-state index in [9.17, 15) is 0 Å². The Morgan fingerprint density at radius 2 is 2.05 bits per heavy atom. The van der Waals surface area contributed by atoms with Gasteiger partial charge < -0.3 is 14.8 Å². The average Bonchev–Trinajstić information content (AvgIpc) is 2.84. The van der Waals surface area contributed by atoms with Gasteiger partial charge in [-0.15, -0.1) is 0 Å². The van der Waals surface area contributed by atoms with Gasteiger partial charge in [0.05, 0.1) is 0 Å². The first kappa shape index (κ1) is 12.6. The monoisotopic (exact) mass is 280 g/mol. The first-order valence-electron chi connectivity index (χ1n) is 6.42. The van der Waals surface area contributed by atoms with Crippen molar-refractivity contribution in [3.8, 4) is 0 Å². The summed E-state index contributed by atoms with van der Waals surface area (Å²) in [7, 11) is 4.27. The Morgan fingerprint density at radius 1 is 1.32 bits per heavy atom. The summed E-state index contributed by atoms with van der Waals surface area (Å²) < 4.78 is 0. The summed E-state index contributed by atoms with van der Waals surface area (Å²) >= 11 is 6.03. The number of rotatable bonds is 2. The number of H-pyrrole nitrogens is 1. The van der Waals surface area contributed by atoms with E-state index in [0.717, 1.165) is 31.9 Å². The number of halogens is 1. The van der Waals surface area contributed by atoms with Gasteiger partial charge in [-0.3, -0.25) is 0 Å². The van der Waals surface area contributed by atoms with E-state index in [1.807, 2.05) is 0 Å². The Bertz CT molecular complexity index is 573. The molecule has 0 bridgehead atoms. The molecule has 0 unspecified atom stereocenters. The van der Waals surface area contributed by atoms with Crippen molar-refractivity contribution < 1.29 is 0 Å². The highest BCUT2D eigenvalue weighted by Gasteiger charge is 2.23. The van der Waals surface area contributed by atoms with E-state index in [-0.39, 0.29) is 0 Å². The van der Waals surface area contributed by atoms with E-state index in [1.54, 1.807) is 0 Å². The number of aromatic nitrogens is 4. The van der Waals surface area contributed by atoms with Gasteiger partial charge in [0.1, 0.15) is 11.8 Å². The third-order valence-electron chi connectivity index (χ3n) is 3.72. The van der Waals surface area contributed by atoms with Gasteiger partial charge in [0.25, 0.3) is 0 Å². The molecule has 7 heteroatoms. The van der Waals surface area contributed by atoms with Gasteiger partial charge in [0.15, 0.2) is 10.8 Å². The molecule has 102 valence electrons. The Labute approximate surface area is 116 Å². The minimum atomic E-state index is 0.423. The van der Waals surface area contributed by atoms with Crippen LogP contribution in [0.25, 0.3) is 11.2 Å². The number of aromatic amines is 1. The molecule has 1 aliphatic heterocycles. The van der Waals surface area contributed by atoms with E-state index in [4.69, 9.17) is 11.6 Å². The van der Waals surface area contributed by atoms with Crippen LogP contribution < -0.4 is 4.90 Å². The maximum absolute atomic E-state index is 6.03. The van der Waals surface area contributed by atoms with Gasteiger partial charge in [-0.1, -0.05) is 11.6 Å². The maximum Gasteiger partial charge on any atom is 0.205 e. The molecule has 19 heavy (non-hydrogen) atoms. The van der Waals surface area contributed by atoms with Crippen LogP contribution in [0.1, 0.15) is 12.8 Å². The standard InChI is InChI=1S/C12H17ClN6/c1-18(2)8-3-5-19(6-4-8)12-16-9-10(13)14-7-15-11(9)17-12/h7-8H,3-6H2,1-2H3,(H,14,15,16,17). The molecular formula is C12H17ClN6. The van der Waals surface area contributed by atoms with Crippen LogP contribution in [0.3, 0.4) is 0 Å². The summed E-state index contributed by atoms with van der Waals surface area (Å²) in [5.41, 5.74) is 1.35. The predicted octanol–water partition coefficient (Wildman–Crippen LogP) is 1.54. The molecule has 3 rings (SSSR count). The lowest BCUT2D eigenvalue weighted by molar-refractivity contribution is 0.249. The molecule has 0 amide bonds. The summed E-state index contributed by atoms with van der Waals surface area (Å²) in [5.74, 6) is 0.842. The summed E-state index contributed by atoms with van der Waals surface area (Å²) in [4.78, 5) is 20.3. The molecule has 1 fully saturated rings. The Morgan fingerprint density at radius 3 is 2.68 bits per heavy atom. The van der Waals surface area contributed by atoms with Gasteiger partial charge >= 0.3 is 0 Å². The number of nitrogens with one attached hydrogen (secondary N) is 1. The highest BCUT2D eigenvalue weighted by molar-refractivity contribution is 6.33. The van der Waals surface area contributed by atoms with E-state index >= 15 is 0 Å². The van der Waals surface area contributed by atoms with Gasteiger partial charge in [-0.2, -0.15) is 4.98 Å². The van der Waals surface area contributed by atoms with E-state index in [0.29, 0.717) is 22.4 Å². The zero-order chi connectivity index (χ0) is 13.4. The van der Waals surface area contributed by atoms with Crippen LogP contribution in [0.15, 0.2) is 6.33 Å². The largest absolute Gasteiger partial charge is 0.342 e. The molecule has 2 aromatic heterocycles. The van der Waals surface area contributed by atoms with Crippen LogP contribution in [0.4, 0.5) is 5.95 Å². The van der Waals surface area contributed by atoms with Crippen molar-refractivity contribution in [1.29, 1.82) is 0 Å². The fourth-order valence-electron chi connectivity index (χ4n) is 2.53. The normalized spacial score (nSPS) is 17.6. The number of piperidine rings is 1. The smallest absolute Gasteiger partial charge is 0.205 e. The Hall–Kier alpha value is -1.40. The minimum Gasteiger partial charge on any atom is -0.342 e. The molecule has 0 radical (unpaired) electrons. The molecule has 0 atom stereocenters. The highest BCUT2D eigenvalue weighted by Crippen LogP contribution is 2.23. The van der Waals surface area contributed by atoms with Crippen molar-refractivity contribution in [1.82, 2.24) is 24.8 Å². The van der Waals surface area contributed by atoms with E-state index in [2.05, 4.69) is 43.8 Å². The lowest BCUT2D eigenvalue weighted by atomic mass is 10.0. The van der Waals surface area contributed by atoms with E-state index in [1.165, 1.54) is 6.33 Å². The second-order valence-corrected chi connectivity index (χ2v) is 5.46. The van der Waals surface area contributed by atoms with Gasteiger partial charge in [0, 0.05) is 19.1 Å². The zero-order valence-electron chi connectivity index (χ0n) is 11.1. The first-order chi connectivity index (χ1) is 9.15. The maximum atomic E-state index is 6.03. The van der Waals surface area contributed by atoms with Crippen LogP contribution >= 0.6 is 11.6 Å². The molecule has 3 heterocycles. The van der Waals surface area contributed by atoms with Crippen LogP contribution in [0.2, 0.25) is 5.15 Å². The summed E-state index contributed by atoms with van der Waals surface area (Å²) in [6, 6.07) is 0.656. The molecule has 2 aromatic rings. The van der Waals surface area contributed by atoms with Crippen molar-refractivity contribution in [3.63, 3.8) is 0 Å². The Balaban J connectivity index is 1.80. The molecule has 6 nitrogen and oxygen atoms in total. The number of nitrogens with zero attached hydrogens (tertiary/aromatic N) is 5. The summed E-state index contributed by atoms with van der Waals surface area (Å²) in [5, 5.41) is 0.423. The topological polar surface area (TPSA) is 60.9 Å². The van der Waals surface area contributed by atoms with Crippen molar-refractivity contribution >= 4 is 28.7 Å². The van der Waals surface area contributed by atoms with Gasteiger partial charge in [-0.05, 0) is 26.9 Å². The van der Waals surface area contributed by atoms with Crippen LogP contribution in [-0.4, -0.2) is 58.1 Å². The third kappa shape index (κ3) is 2.37. The van der Waals surface area contributed by atoms with Crippen molar-refractivity contribution in [3.05, 3.63) is 11.5 Å². The minimum absolute atomic E-state index is 0.423. The van der Waals surface area contributed by atoms with Crippen LogP contribution in [0, 0.1) is 0 Å². The number of imidazole rings is 1. The van der Waals surface area contributed by atoms with Crippen molar-refractivity contribution in [2.45, 2.75) is 18.9 Å². The number of hydrogen-bond donors (Lipinski definition) is 1. The second kappa shape index (κ2) is 4.94. The molecule has 1 saturated heterocycles. The van der Waals surface area contributed by atoms with Gasteiger partial charge in [-0.25, -0.2) is 9.97 Å². The van der Waals surface area contributed by atoms with Gasteiger partial charge in [0.2, 0.25) is 5.95 Å². The molecule has 0 aromatic carbocycles. The molecule has 0 spiro atoms. The lowest BCUT2D eigenvalue weighted by Crippen LogP contribution is -2.42. The molecule has 1 aliphatic rings. The van der Waals surface area contributed by atoms with Crippen molar-refractivity contribution in [2.24, 2.45) is 0 Å². The molecule has 0 aliphatic carbocycles. The number of anilines is 1. The Kier molecular flexibility index (Phi) is 3.28. The van der Waals surface area contributed by atoms with Crippen LogP contribution in [-0.2, 0) is 0 Å². The number of hydrogen-bond acceptors (Lipinski definition) is 5. The van der Waals surface area contributed by atoms with Crippen molar-refractivity contribution in [2.75, 3.05) is 32.1 Å². The fourth-order valence-corrected chi connectivity index (χ4v) is 2.71.